The van der Waals surface area contributed by atoms with Crippen molar-refractivity contribution < 1.29 is 18.7 Å². The highest BCUT2D eigenvalue weighted by Gasteiger charge is 2.18. The maximum absolute atomic E-state index is 13.5. The van der Waals surface area contributed by atoms with Gasteiger partial charge in [-0.05, 0) is 70.8 Å². The molecule has 0 aliphatic heterocycles. The number of phenols is 1. The highest BCUT2D eigenvalue weighted by molar-refractivity contribution is 5.93. The molecule has 0 radical (unpaired) electrons. The van der Waals surface area contributed by atoms with E-state index in [2.05, 4.69) is 10.3 Å². The van der Waals surface area contributed by atoms with E-state index in [0.717, 1.165) is 34.5 Å². The van der Waals surface area contributed by atoms with Gasteiger partial charge in [-0.2, -0.15) is 0 Å². The molecule has 2 heterocycles. The van der Waals surface area contributed by atoms with Gasteiger partial charge in [0.05, 0.1) is 12.2 Å². The predicted octanol–water partition coefficient (Wildman–Crippen LogP) is 4.19. The molecule has 8 heteroatoms. The van der Waals surface area contributed by atoms with E-state index in [4.69, 9.17) is 0 Å². The molecule has 2 aromatic carbocycles. The van der Waals surface area contributed by atoms with Gasteiger partial charge in [-0.3, -0.25) is 14.6 Å². The van der Waals surface area contributed by atoms with Crippen LogP contribution in [-0.2, 0) is 19.5 Å². The number of aromatic nitrogens is 2. The smallest absolute Gasteiger partial charge is 0.263 e. The molecule has 0 spiro atoms. The third-order valence-electron chi connectivity index (χ3n) is 6.02. The third-order valence-corrected chi connectivity index (χ3v) is 6.02. The van der Waals surface area contributed by atoms with Crippen molar-refractivity contribution in [3.8, 4) is 5.75 Å². The van der Waals surface area contributed by atoms with Crippen LogP contribution in [0.3, 0.4) is 0 Å². The highest BCUT2D eigenvalue weighted by atomic mass is 19.2. The van der Waals surface area contributed by atoms with Gasteiger partial charge < -0.3 is 15.0 Å². The Hall–Kier alpha value is -4.59. The number of fused-ring (bicyclic) bond motifs is 1. The van der Waals surface area contributed by atoms with E-state index >= 15 is 0 Å². The van der Waals surface area contributed by atoms with Crippen LogP contribution in [0.2, 0.25) is 0 Å². The van der Waals surface area contributed by atoms with Gasteiger partial charge in [0.1, 0.15) is 11.3 Å². The fourth-order valence-electron chi connectivity index (χ4n) is 4.31. The Morgan fingerprint density at radius 3 is 2.72 bits per heavy atom. The molecule has 5 rings (SSSR count). The number of benzene rings is 2. The number of hydrogen-bond donors (Lipinski definition) is 2. The first-order valence-corrected chi connectivity index (χ1v) is 11.3. The van der Waals surface area contributed by atoms with Crippen molar-refractivity contribution in [2.24, 2.45) is 0 Å². The Kier molecular flexibility index (Phi) is 6.16. The second-order valence-corrected chi connectivity index (χ2v) is 8.49. The molecule has 0 saturated carbocycles. The number of nitrogens with one attached hydrogen (secondary N) is 1. The second-order valence-electron chi connectivity index (χ2n) is 8.49. The van der Waals surface area contributed by atoms with Crippen molar-refractivity contribution in [2.75, 3.05) is 0 Å². The second kappa shape index (κ2) is 9.58. The summed E-state index contributed by atoms with van der Waals surface area (Å²) in [5.41, 5.74) is 4.15. The van der Waals surface area contributed by atoms with E-state index in [9.17, 15) is 23.5 Å². The summed E-state index contributed by atoms with van der Waals surface area (Å²) in [5.74, 6) is -2.50. The van der Waals surface area contributed by atoms with Gasteiger partial charge in [0.25, 0.3) is 11.5 Å². The summed E-state index contributed by atoms with van der Waals surface area (Å²) in [6.07, 6.45) is 5.98. The fourth-order valence-corrected chi connectivity index (χ4v) is 4.31. The van der Waals surface area contributed by atoms with Crippen LogP contribution in [0.1, 0.15) is 38.3 Å². The SMILES string of the molecule is O=C(NCc1cc(O)cc(C2=CCc3ncccc32)c1)c1cccn(Cc2ccc(F)c(F)c2)c1=O. The van der Waals surface area contributed by atoms with Gasteiger partial charge in [-0.15, -0.1) is 0 Å². The normalized spacial score (nSPS) is 12.2. The van der Waals surface area contributed by atoms with Gasteiger partial charge in [0.15, 0.2) is 11.6 Å². The fraction of sp³-hybridized carbons (Fsp3) is 0.107. The molecule has 1 amide bonds. The van der Waals surface area contributed by atoms with Crippen molar-refractivity contribution >= 4 is 11.5 Å². The summed E-state index contributed by atoms with van der Waals surface area (Å²) in [4.78, 5) is 30.1. The molecule has 36 heavy (non-hydrogen) atoms. The Bertz CT molecular complexity index is 1580. The van der Waals surface area contributed by atoms with Crippen LogP contribution in [0, 0.1) is 11.6 Å². The zero-order valence-electron chi connectivity index (χ0n) is 19.0. The standard InChI is InChI=1S/C28H21F2N3O3/c29-24-7-5-17(13-25(24)30)16-33-10-2-4-23(28(33)36)27(35)32-15-18-11-19(14-20(34)12-18)21-6-8-26-22(21)3-1-9-31-26/h1-7,9-14,34H,8,15-16H2,(H,32,35). The number of carbonyl (C=O) groups is 1. The first-order chi connectivity index (χ1) is 17.4. The molecule has 0 saturated heterocycles. The molecule has 0 fully saturated rings. The van der Waals surface area contributed by atoms with Crippen LogP contribution < -0.4 is 10.9 Å². The molecule has 1 aliphatic rings. The average molecular weight is 485 g/mol. The molecule has 0 atom stereocenters. The number of phenolic OH excluding ortho intramolecular Hbond substituents is 1. The molecule has 0 bridgehead atoms. The number of aromatic hydroxyl groups is 1. The number of pyridine rings is 2. The summed E-state index contributed by atoms with van der Waals surface area (Å²) < 4.78 is 28.0. The summed E-state index contributed by atoms with van der Waals surface area (Å²) in [6, 6.07) is 15.3. The van der Waals surface area contributed by atoms with E-state index in [1.165, 1.54) is 22.9 Å². The molecular weight excluding hydrogens is 464 g/mol. The van der Waals surface area contributed by atoms with E-state index in [1.54, 1.807) is 24.4 Å². The lowest BCUT2D eigenvalue weighted by Crippen LogP contribution is -2.32. The maximum Gasteiger partial charge on any atom is 0.263 e. The molecule has 2 aromatic heterocycles. The average Bonchev–Trinajstić information content (AvgIpc) is 3.30. The first-order valence-electron chi connectivity index (χ1n) is 11.3. The zero-order valence-corrected chi connectivity index (χ0v) is 19.0. The lowest BCUT2D eigenvalue weighted by molar-refractivity contribution is 0.0948. The van der Waals surface area contributed by atoms with Crippen LogP contribution in [-0.4, -0.2) is 20.6 Å². The van der Waals surface area contributed by atoms with E-state index < -0.39 is 23.1 Å². The monoisotopic (exact) mass is 485 g/mol. The minimum atomic E-state index is -1.01. The van der Waals surface area contributed by atoms with Gasteiger partial charge in [-0.25, -0.2) is 8.78 Å². The molecule has 6 nitrogen and oxygen atoms in total. The van der Waals surface area contributed by atoms with Crippen LogP contribution in [0.5, 0.6) is 5.75 Å². The Morgan fingerprint density at radius 2 is 1.89 bits per heavy atom. The lowest BCUT2D eigenvalue weighted by Gasteiger charge is -2.11. The number of rotatable bonds is 6. The summed E-state index contributed by atoms with van der Waals surface area (Å²) in [5, 5.41) is 13.0. The number of nitrogens with zero attached hydrogens (tertiary/aromatic N) is 2. The Balaban J connectivity index is 1.32. The van der Waals surface area contributed by atoms with Crippen LogP contribution in [0.15, 0.2) is 83.9 Å². The van der Waals surface area contributed by atoms with Gasteiger partial charge in [0, 0.05) is 30.9 Å². The minimum absolute atomic E-state index is 0.0154. The summed E-state index contributed by atoms with van der Waals surface area (Å²) in [7, 11) is 0. The highest BCUT2D eigenvalue weighted by Crippen LogP contribution is 2.33. The molecular formula is C28H21F2N3O3. The Morgan fingerprint density at radius 1 is 1.03 bits per heavy atom. The van der Waals surface area contributed by atoms with Crippen molar-refractivity contribution in [3.63, 3.8) is 0 Å². The number of carbonyl (C=O) groups excluding carboxylic acids is 1. The molecule has 1 aliphatic carbocycles. The minimum Gasteiger partial charge on any atom is -0.508 e. The van der Waals surface area contributed by atoms with Crippen molar-refractivity contribution in [1.29, 1.82) is 0 Å². The first kappa shape index (κ1) is 23.2. The topological polar surface area (TPSA) is 84.2 Å². The summed E-state index contributed by atoms with van der Waals surface area (Å²) >= 11 is 0. The van der Waals surface area contributed by atoms with Crippen molar-refractivity contribution in [2.45, 2.75) is 19.5 Å². The molecule has 2 N–H and O–H groups in total. The van der Waals surface area contributed by atoms with Crippen LogP contribution in [0.4, 0.5) is 8.78 Å². The third kappa shape index (κ3) is 4.65. The number of halogens is 2. The van der Waals surface area contributed by atoms with Crippen molar-refractivity contribution in [3.05, 3.63) is 135 Å². The van der Waals surface area contributed by atoms with E-state index in [1.807, 2.05) is 24.3 Å². The summed E-state index contributed by atoms with van der Waals surface area (Å²) in [6.45, 7) is 0.0728. The molecule has 0 unspecified atom stereocenters. The number of amides is 1. The lowest BCUT2D eigenvalue weighted by atomic mass is 9.99. The number of hydrogen-bond acceptors (Lipinski definition) is 4. The van der Waals surface area contributed by atoms with Crippen molar-refractivity contribution in [1.82, 2.24) is 14.9 Å². The van der Waals surface area contributed by atoms with Gasteiger partial charge >= 0.3 is 0 Å². The van der Waals surface area contributed by atoms with Crippen LogP contribution in [0.25, 0.3) is 5.57 Å². The molecule has 4 aromatic rings. The largest absolute Gasteiger partial charge is 0.508 e. The maximum atomic E-state index is 13.5. The zero-order chi connectivity index (χ0) is 25.2. The van der Waals surface area contributed by atoms with Gasteiger partial charge in [-0.1, -0.05) is 18.2 Å². The van der Waals surface area contributed by atoms with E-state index in [0.29, 0.717) is 17.5 Å². The predicted molar refractivity (Wildman–Crippen MR) is 130 cm³/mol. The van der Waals surface area contributed by atoms with Crippen LogP contribution >= 0.6 is 0 Å². The molecule has 180 valence electrons. The van der Waals surface area contributed by atoms with E-state index in [-0.39, 0.29) is 24.4 Å². The quantitative estimate of drug-likeness (QED) is 0.429. The number of allylic oxidation sites excluding steroid dienone is 1. The van der Waals surface area contributed by atoms with Gasteiger partial charge in [0.2, 0.25) is 0 Å². The Labute approximate surface area is 205 Å².